The molecule has 0 aromatic heterocycles. The summed E-state index contributed by atoms with van der Waals surface area (Å²) in [7, 11) is 3.19. The second-order valence-corrected chi connectivity index (χ2v) is 15.5. The first kappa shape index (κ1) is 36.5. The summed E-state index contributed by atoms with van der Waals surface area (Å²) in [5.41, 5.74) is 17.8. The molecule has 3 aromatic rings. The molecule has 0 amide bonds. The normalized spacial score (nSPS) is 22.9. The molecule has 0 heterocycles. The fourth-order valence-electron chi connectivity index (χ4n) is 8.48. The van der Waals surface area contributed by atoms with Crippen molar-refractivity contribution in [1.82, 2.24) is 0 Å². The molecule has 0 bridgehead atoms. The van der Waals surface area contributed by atoms with Crippen LogP contribution in [0.2, 0.25) is 0 Å². The van der Waals surface area contributed by atoms with Gasteiger partial charge in [-0.2, -0.15) is 0 Å². The molecule has 2 N–H and O–H groups in total. The van der Waals surface area contributed by atoms with Crippen molar-refractivity contribution in [2.75, 3.05) is 33.2 Å². The molecule has 0 spiro atoms. The fourth-order valence-corrected chi connectivity index (χ4v) is 8.48. The van der Waals surface area contributed by atoms with Gasteiger partial charge in [0.25, 0.3) is 0 Å². The van der Waals surface area contributed by atoms with Crippen molar-refractivity contribution in [1.29, 1.82) is 0 Å². The maximum absolute atomic E-state index is 13.9. The SMILES string of the molecule is COc1cc2c(cc1OCCCOc1cc3c(cc1OC)C(=O)C1=CC=C(C4CC4)CC1C=CC3C)C=C=CC1CC(c3ccc(N)cc3)=CC1CCC2=O. The Morgan fingerprint density at radius 2 is 1.53 bits per heavy atom. The summed E-state index contributed by atoms with van der Waals surface area (Å²) in [5, 5.41) is 0. The summed E-state index contributed by atoms with van der Waals surface area (Å²) in [6, 6.07) is 15.5. The van der Waals surface area contributed by atoms with Crippen molar-refractivity contribution in [2.45, 2.75) is 57.8 Å². The van der Waals surface area contributed by atoms with E-state index in [0.29, 0.717) is 66.1 Å². The van der Waals surface area contributed by atoms with Crippen molar-refractivity contribution in [3.63, 3.8) is 0 Å². The molecule has 1 saturated carbocycles. The van der Waals surface area contributed by atoms with Gasteiger partial charge in [-0.15, -0.1) is 5.73 Å². The highest BCUT2D eigenvalue weighted by Crippen LogP contribution is 2.45. The van der Waals surface area contributed by atoms with Crippen LogP contribution < -0.4 is 24.7 Å². The molecule has 282 valence electrons. The lowest BCUT2D eigenvalue weighted by atomic mass is 9.77. The van der Waals surface area contributed by atoms with Crippen molar-refractivity contribution in [3.05, 3.63) is 130 Å². The zero-order valence-corrected chi connectivity index (χ0v) is 31.9. The van der Waals surface area contributed by atoms with E-state index < -0.39 is 0 Å². The van der Waals surface area contributed by atoms with Gasteiger partial charge in [0.15, 0.2) is 34.6 Å². The molecule has 7 nitrogen and oxygen atoms in total. The van der Waals surface area contributed by atoms with Gasteiger partial charge in [-0.1, -0.05) is 55.0 Å². The maximum atomic E-state index is 13.9. The molecule has 55 heavy (non-hydrogen) atoms. The van der Waals surface area contributed by atoms with Crippen LogP contribution in [0.25, 0.3) is 11.6 Å². The van der Waals surface area contributed by atoms with Gasteiger partial charge in [0.2, 0.25) is 0 Å². The van der Waals surface area contributed by atoms with Gasteiger partial charge in [-0.05, 0) is 127 Å². The van der Waals surface area contributed by atoms with E-state index in [1.54, 1.807) is 20.3 Å². The van der Waals surface area contributed by atoms with Crippen LogP contribution in [0.5, 0.6) is 23.0 Å². The zero-order chi connectivity index (χ0) is 38.1. The van der Waals surface area contributed by atoms with Crippen molar-refractivity contribution in [3.8, 4) is 23.0 Å². The smallest absolute Gasteiger partial charge is 0.190 e. The van der Waals surface area contributed by atoms with Gasteiger partial charge in [0.05, 0.1) is 27.4 Å². The molecular formula is C48H49NO6. The first-order chi connectivity index (χ1) is 26.8. The molecule has 4 unspecified atom stereocenters. The molecule has 5 aliphatic rings. The van der Waals surface area contributed by atoms with Crippen molar-refractivity contribution < 1.29 is 28.5 Å². The third-order valence-electron chi connectivity index (χ3n) is 11.8. The predicted molar refractivity (Wildman–Crippen MR) is 217 cm³/mol. The number of carbonyl (C=O) groups is 2. The van der Waals surface area contributed by atoms with Gasteiger partial charge >= 0.3 is 0 Å². The van der Waals surface area contributed by atoms with Gasteiger partial charge in [-0.25, -0.2) is 0 Å². The van der Waals surface area contributed by atoms with Crippen LogP contribution >= 0.6 is 0 Å². The minimum Gasteiger partial charge on any atom is -0.493 e. The summed E-state index contributed by atoms with van der Waals surface area (Å²) in [5.74, 6) is 3.74. The number of hydrogen-bond donors (Lipinski definition) is 1. The largest absolute Gasteiger partial charge is 0.493 e. The maximum Gasteiger partial charge on any atom is 0.190 e. The average Bonchev–Trinajstić information content (AvgIpc) is 3.98. The van der Waals surface area contributed by atoms with Gasteiger partial charge in [0, 0.05) is 41.1 Å². The van der Waals surface area contributed by atoms with Crippen LogP contribution in [-0.4, -0.2) is 39.0 Å². The highest BCUT2D eigenvalue weighted by molar-refractivity contribution is 6.11. The molecule has 4 atom stereocenters. The number of rotatable bonds is 10. The van der Waals surface area contributed by atoms with E-state index in [0.717, 1.165) is 41.6 Å². The number of allylic oxidation sites excluding steroid dienone is 9. The van der Waals surface area contributed by atoms with E-state index in [1.807, 2.05) is 42.5 Å². The minimum absolute atomic E-state index is 0.0464. The fraction of sp³-hybridized carbons (Fsp3) is 0.354. The lowest BCUT2D eigenvalue weighted by Crippen LogP contribution is -2.20. The van der Waals surface area contributed by atoms with Crippen LogP contribution in [0.1, 0.15) is 95.2 Å². The number of Topliss-reactive ketones (excluding diaryl/α,β-unsaturated/α-hetero) is 2. The van der Waals surface area contributed by atoms with E-state index in [9.17, 15) is 9.59 Å². The number of hydrogen-bond acceptors (Lipinski definition) is 7. The number of nitrogen functional groups attached to an aromatic ring is 1. The van der Waals surface area contributed by atoms with Gasteiger partial charge in [-0.3, -0.25) is 9.59 Å². The number of benzene rings is 3. The second-order valence-electron chi connectivity index (χ2n) is 15.5. The van der Waals surface area contributed by atoms with E-state index in [4.69, 9.17) is 24.7 Å². The van der Waals surface area contributed by atoms with Crippen molar-refractivity contribution >= 4 is 28.9 Å². The third kappa shape index (κ3) is 7.72. The number of anilines is 1. The van der Waals surface area contributed by atoms with Crippen LogP contribution in [0.4, 0.5) is 5.69 Å². The molecule has 8 rings (SSSR count). The molecule has 0 saturated heterocycles. The summed E-state index contributed by atoms with van der Waals surface area (Å²) >= 11 is 0. The van der Waals surface area contributed by atoms with Crippen LogP contribution in [0.3, 0.4) is 0 Å². The second kappa shape index (κ2) is 15.7. The first-order valence-corrected chi connectivity index (χ1v) is 19.6. The van der Waals surface area contributed by atoms with Crippen LogP contribution in [0, 0.1) is 23.7 Å². The lowest BCUT2D eigenvalue weighted by Gasteiger charge is -2.27. The lowest BCUT2D eigenvalue weighted by molar-refractivity contribution is 0.0972. The summed E-state index contributed by atoms with van der Waals surface area (Å²) in [6.45, 7) is 2.86. The van der Waals surface area contributed by atoms with E-state index in [-0.39, 0.29) is 35.2 Å². The molecule has 0 aliphatic heterocycles. The Balaban J connectivity index is 0.936. The highest BCUT2D eigenvalue weighted by Gasteiger charge is 2.34. The summed E-state index contributed by atoms with van der Waals surface area (Å²) in [4.78, 5) is 27.5. The number of methoxy groups -OCH3 is 2. The number of ketones is 2. The van der Waals surface area contributed by atoms with E-state index in [2.05, 4.69) is 55.2 Å². The topological polar surface area (TPSA) is 97.1 Å². The molecular weight excluding hydrogens is 687 g/mol. The van der Waals surface area contributed by atoms with Crippen LogP contribution in [-0.2, 0) is 0 Å². The zero-order valence-electron chi connectivity index (χ0n) is 31.9. The summed E-state index contributed by atoms with van der Waals surface area (Å²) < 4.78 is 23.9. The summed E-state index contributed by atoms with van der Waals surface area (Å²) in [6.07, 6.45) is 21.1. The molecule has 0 radical (unpaired) electrons. The Morgan fingerprint density at radius 3 is 2.25 bits per heavy atom. The third-order valence-corrected chi connectivity index (χ3v) is 11.8. The van der Waals surface area contributed by atoms with Crippen molar-refractivity contribution in [2.24, 2.45) is 23.7 Å². The monoisotopic (exact) mass is 735 g/mol. The Labute approximate surface area is 323 Å². The average molecular weight is 736 g/mol. The molecule has 7 heteroatoms. The van der Waals surface area contributed by atoms with Crippen LogP contribution in [0.15, 0.2) is 102 Å². The first-order valence-electron chi connectivity index (χ1n) is 19.6. The standard InChI is InChI=1S/C48H49NO6/c1-29-8-9-36-22-33(30-10-11-30)14-18-39(36)48(51)42-28-45(53-3)47(26-40(29)42)55-21-5-20-54-46-25-35-7-4-6-32-23-37(31-12-16-38(49)17-13-31)24-34(32)15-19-43(50)41(35)27-44(46)52-2/h6-9,12-14,16-18,24-30,32,34,36H,5,10-11,15,19-23,49H2,1-3H3. The highest BCUT2D eigenvalue weighted by atomic mass is 16.5. The molecule has 3 aromatic carbocycles. The number of ether oxygens (including phenoxy) is 4. The Hall–Kier alpha value is -5.52. The Bertz CT molecular complexity index is 2190. The Kier molecular flexibility index (Phi) is 10.4. The van der Waals surface area contributed by atoms with Gasteiger partial charge in [0.1, 0.15) is 0 Å². The predicted octanol–water partition coefficient (Wildman–Crippen LogP) is 10.1. The minimum atomic E-state index is 0.0464. The molecule has 5 aliphatic carbocycles. The van der Waals surface area contributed by atoms with E-state index in [1.165, 1.54) is 29.6 Å². The van der Waals surface area contributed by atoms with Gasteiger partial charge < -0.3 is 24.7 Å². The number of carbonyl (C=O) groups excluding carboxylic acids is 2. The number of fused-ring (bicyclic) bond motifs is 4. The quantitative estimate of drug-likeness (QED) is 0.0958. The van der Waals surface area contributed by atoms with E-state index >= 15 is 0 Å². The Morgan fingerprint density at radius 1 is 0.800 bits per heavy atom. The molecule has 1 fully saturated rings. The number of nitrogens with two attached hydrogens (primary N) is 1.